The summed E-state index contributed by atoms with van der Waals surface area (Å²) < 4.78 is 52.8. The van der Waals surface area contributed by atoms with Crippen molar-refractivity contribution in [1.29, 1.82) is 0 Å². The lowest BCUT2D eigenvalue weighted by Gasteiger charge is -1.98. The number of ether oxygens (including phenoxy) is 1. The quantitative estimate of drug-likeness (QED) is 0.473. The highest BCUT2D eigenvalue weighted by Gasteiger charge is 2.18. The molecule has 1 heterocycles. The van der Waals surface area contributed by atoms with E-state index in [2.05, 4.69) is 15.4 Å². The number of carbonyl (C=O) groups excluding carboxylic acids is 1. The van der Waals surface area contributed by atoms with Crippen LogP contribution in [-0.4, -0.2) is 39.0 Å². The summed E-state index contributed by atoms with van der Waals surface area (Å²) in [4.78, 5) is 11.0. The average molecular weight is 354 g/mol. The average Bonchev–Trinajstić information content (AvgIpc) is 2.56. The largest absolute Gasteiger partial charge is 0.464 e. The molecule has 19 heavy (non-hydrogen) atoms. The van der Waals surface area contributed by atoms with Gasteiger partial charge in [-0.05, 0) is 6.07 Å². The van der Waals surface area contributed by atoms with Gasteiger partial charge in [-0.25, -0.2) is 13.2 Å². The monoisotopic (exact) mass is 353 g/mol. The molecular weight excluding hydrogens is 345 g/mol. The lowest BCUT2D eigenvalue weighted by Crippen LogP contribution is -2.06. The molecule has 12 heteroatoms. The zero-order valence-corrected chi connectivity index (χ0v) is 12.7. The molecule has 1 aromatic rings. The molecule has 0 fully saturated rings. The number of esters is 1. The summed E-state index contributed by atoms with van der Waals surface area (Å²) in [5.41, 5.74) is 0.131. The molecule has 1 aromatic heterocycles. The van der Waals surface area contributed by atoms with E-state index in [1.54, 1.807) is 0 Å². The van der Waals surface area contributed by atoms with Gasteiger partial charge < -0.3 is 9.30 Å². The molecule has 110 valence electrons. The van der Waals surface area contributed by atoms with E-state index in [4.69, 9.17) is 23.7 Å². The molecule has 0 amide bonds. The lowest BCUT2D eigenvalue weighted by molar-refractivity contribution is 0.0590. The number of hydrogen-bond acceptors (Lipinski definition) is 6. The first kappa shape index (κ1) is 18.2. The van der Waals surface area contributed by atoms with E-state index in [0.29, 0.717) is 0 Å². The number of methoxy groups -OCH3 is 1. The van der Waals surface area contributed by atoms with E-state index < -0.39 is 24.4 Å². The molecule has 0 bridgehead atoms. The maximum absolute atomic E-state index is 11.1. The highest BCUT2D eigenvalue weighted by Crippen LogP contribution is 2.17. The molecule has 0 aliphatic heterocycles. The van der Waals surface area contributed by atoms with Gasteiger partial charge in [0.15, 0.2) is 0 Å². The minimum absolute atomic E-state index is 0.123. The van der Waals surface area contributed by atoms with Crippen molar-refractivity contribution >= 4 is 45.7 Å². The molecule has 0 spiro atoms. The Hall–Kier alpha value is -0.810. The molecule has 1 rings (SSSR count). The first-order valence-electron chi connectivity index (χ1n) is 4.22. The second-order valence-corrected chi connectivity index (χ2v) is 7.57. The molecule has 1 N–H and O–H groups in total. The Morgan fingerprint density at radius 2 is 1.74 bits per heavy atom. The third-order valence-corrected chi connectivity index (χ3v) is 2.98. The number of aromatic nitrogens is 1. The first-order valence-corrected chi connectivity index (χ1v) is 8.80. The second-order valence-electron chi connectivity index (χ2n) is 3.01. The predicted molar refractivity (Wildman–Crippen MR) is 67.2 cm³/mol. The number of halogens is 2. The van der Waals surface area contributed by atoms with E-state index >= 15 is 0 Å². The van der Waals surface area contributed by atoms with Gasteiger partial charge in [0, 0.05) is 34.6 Å². The Kier molecular flexibility index (Phi) is 6.29. The van der Waals surface area contributed by atoms with Gasteiger partial charge in [0.1, 0.15) is 10.6 Å². The molecular formula is C7H9Cl2NO7S2. The van der Waals surface area contributed by atoms with E-state index in [1.165, 1.54) is 24.9 Å². The fraction of sp³-hybridized carbons (Fsp3) is 0.286. The minimum atomic E-state index is -4.19. The van der Waals surface area contributed by atoms with Crippen LogP contribution in [0.25, 0.3) is 0 Å². The van der Waals surface area contributed by atoms with Crippen LogP contribution in [0.3, 0.4) is 0 Å². The smallest absolute Gasteiger partial charge is 0.354 e. The van der Waals surface area contributed by atoms with Crippen molar-refractivity contribution in [2.45, 2.75) is 4.90 Å². The van der Waals surface area contributed by atoms with Crippen LogP contribution in [0.2, 0.25) is 0 Å². The summed E-state index contributed by atoms with van der Waals surface area (Å²) >= 11 is 0. The third-order valence-electron chi connectivity index (χ3n) is 1.66. The summed E-state index contributed by atoms with van der Waals surface area (Å²) in [6.45, 7) is 0. The van der Waals surface area contributed by atoms with E-state index in [9.17, 15) is 13.2 Å². The summed E-state index contributed by atoms with van der Waals surface area (Å²) in [6.07, 6.45) is 1.24. The Labute approximate surface area is 118 Å². The van der Waals surface area contributed by atoms with Crippen molar-refractivity contribution in [2.24, 2.45) is 7.05 Å². The topological polar surface area (TPSA) is 120 Å². The minimum Gasteiger partial charge on any atom is -0.464 e. The van der Waals surface area contributed by atoms with Crippen molar-refractivity contribution in [3.05, 3.63) is 18.0 Å². The van der Waals surface area contributed by atoms with Crippen LogP contribution in [0.15, 0.2) is 17.2 Å². The molecule has 0 aromatic carbocycles. The second kappa shape index (κ2) is 6.57. The van der Waals surface area contributed by atoms with E-state index in [-0.39, 0.29) is 10.6 Å². The van der Waals surface area contributed by atoms with Crippen molar-refractivity contribution < 1.29 is 30.9 Å². The summed E-state index contributed by atoms with van der Waals surface area (Å²) in [5, 5.41) is 0. The van der Waals surface area contributed by atoms with Crippen LogP contribution < -0.4 is 0 Å². The van der Waals surface area contributed by atoms with E-state index in [1.807, 2.05) is 0 Å². The van der Waals surface area contributed by atoms with Gasteiger partial charge in [-0.1, -0.05) is 0 Å². The van der Waals surface area contributed by atoms with Gasteiger partial charge in [-0.2, -0.15) is 8.42 Å². The van der Waals surface area contributed by atoms with Gasteiger partial charge in [0.25, 0.3) is 9.05 Å². The Balaban J connectivity index is 0.000000555. The molecule has 0 saturated carbocycles. The van der Waals surface area contributed by atoms with Crippen molar-refractivity contribution in [3.63, 3.8) is 0 Å². The number of hydrogen-bond donors (Lipinski definition) is 1. The highest BCUT2D eigenvalue weighted by atomic mass is 35.7. The van der Waals surface area contributed by atoms with Crippen LogP contribution in [0.5, 0.6) is 0 Å². The predicted octanol–water partition coefficient (Wildman–Crippen LogP) is 0.767. The third kappa shape index (κ3) is 7.38. The molecule has 8 nitrogen and oxygen atoms in total. The zero-order chi connectivity index (χ0) is 15.4. The molecule has 0 saturated heterocycles. The fourth-order valence-corrected chi connectivity index (χ4v) is 1.76. The number of rotatable bonds is 2. The van der Waals surface area contributed by atoms with Crippen molar-refractivity contribution in [1.82, 2.24) is 4.57 Å². The van der Waals surface area contributed by atoms with Crippen molar-refractivity contribution in [3.8, 4) is 0 Å². The van der Waals surface area contributed by atoms with Crippen LogP contribution in [0.4, 0.5) is 0 Å². The fourth-order valence-electron chi connectivity index (χ4n) is 0.975. The maximum atomic E-state index is 11.1. The number of carbonyl (C=O) groups is 1. The van der Waals surface area contributed by atoms with E-state index in [0.717, 1.165) is 6.07 Å². The Bertz CT molecular complexity index is 654. The molecule has 0 unspecified atom stereocenters. The van der Waals surface area contributed by atoms with Crippen LogP contribution in [0.1, 0.15) is 10.5 Å². The molecule has 0 atom stereocenters. The molecule has 0 radical (unpaired) electrons. The molecule has 0 aliphatic carbocycles. The standard InChI is InChI=1S/C7H8ClNO4S.ClHO3S/c1-9-4-5(14(8,11)12)3-6(9)7(10)13-2;1-5(2,3)4/h3-4H,1-2H3;(H,2,3,4). The first-order chi connectivity index (χ1) is 8.36. The summed E-state index contributed by atoms with van der Waals surface area (Å²) in [7, 11) is 3.90. The highest BCUT2D eigenvalue weighted by molar-refractivity contribution is 8.13. The lowest BCUT2D eigenvalue weighted by atomic mass is 10.4. The van der Waals surface area contributed by atoms with Gasteiger partial charge in [0.2, 0.25) is 0 Å². The van der Waals surface area contributed by atoms with Crippen molar-refractivity contribution in [2.75, 3.05) is 7.11 Å². The SMILES string of the molecule is COC(=O)c1cc(S(=O)(=O)Cl)cn1C.O=S(=O)(O)Cl. The van der Waals surface area contributed by atoms with Crippen LogP contribution in [0, 0.1) is 0 Å². The Morgan fingerprint density at radius 3 is 2.00 bits per heavy atom. The van der Waals surface area contributed by atoms with Gasteiger partial charge in [0.05, 0.1) is 7.11 Å². The normalized spacial score (nSPS) is 11.4. The van der Waals surface area contributed by atoms with Gasteiger partial charge >= 0.3 is 15.3 Å². The van der Waals surface area contributed by atoms with Crippen LogP contribution in [-0.2, 0) is 30.2 Å². The van der Waals surface area contributed by atoms with Gasteiger partial charge in [-0.3, -0.25) is 4.55 Å². The maximum Gasteiger partial charge on any atom is 0.354 e. The number of aryl methyl sites for hydroxylation is 1. The van der Waals surface area contributed by atoms with Crippen LogP contribution >= 0.6 is 21.4 Å². The zero-order valence-electron chi connectivity index (χ0n) is 9.57. The Morgan fingerprint density at radius 1 is 1.32 bits per heavy atom. The number of nitrogens with zero attached hydrogens (tertiary/aromatic N) is 1. The van der Waals surface area contributed by atoms with Gasteiger partial charge in [-0.15, -0.1) is 0 Å². The summed E-state index contributed by atoms with van der Waals surface area (Å²) in [6, 6.07) is 1.16. The molecule has 0 aliphatic rings. The summed E-state index contributed by atoms with van der Waals surface area (Å²) in [5.74, 6) is -0.612.